The van der Waals surface area contributed by atoms with Gasteiger partial charge in [-0.05, 0) is 91.9 Å². The highest BCUT2D eigenvalue weighted by Gasteiger charge is 2.02. The Hall–Kier alpha value is -4.71. The fourth-order valence-corrected chi connectivity index (χ4v) is 3.64. The van der Waals surface area contributed by atoms with Gasteiger partial charge in [-0.2, -0.15) is 0 Å². The number of nitrogens with one attached hydrogen (secondary N) is 2. The lowest BCUT2D eigenvalue weighted by Gasteiger charge is -1.92. The molecule has 0 unspecified atom stereocenters. The van der Waals surface area contributed by atoms with Crippen LogP contribution in [0.1, 0.15) is 38.7 Å². The summed E-state index contributed by atoms with van der Waals surface area (Å²) in [4.78, 5) is 26.3. The Morgan fingerprint density at radius 3 is 1.47 bits per heavy atom. The molecule has 0 radical (unpaired) electrons. The number of aromatic carboxylic acids is 1. The highest BCUT2D eigenvalue weighted by molar-refractivity contribution is 5.87. The van der Waals surface area contributed by atoms with Gasteiger partial charge in [0.1, 0.15) is 0 Å². The smallest absolute Gasteiger partial charge is 0.335 e. The van der Waals surface area contributed by atoms with Crippen molar-refractivity contribution in [3.05, 3.63) is 107 Å². The largest absolute Gasteiger partial charge is 0.478 e. The number of aromatic nitrogens is 4. The molecule has 1 aromatic carbocycles. The third kappa shape index (κ3) is 5.02. The van der Waals surface area contributed by atoms with Gasteiger partial charge >= 0.3 is 5.97 Å². The van der Waals surface area contributed by atoms with Crippen molar-refractivity contribution < 1.29 is 9.90 Å². The van der Waals surface area contributed by atoms with Crippen LogP contribution in [0.2, 0.25) is 0 Å². The standard InChI is InChI=1S/C20H14N4.C8H8O2/c1-2-14-10-16-5-6-18(23-16)12-20-8-7-19(24-20)11-17-4-3-15(22-17)9-13(1)21-14;1-6-2-4-7(5-3-6)8(9)10/h1-12,21-22H;2-5H,1H3,(H,9,10). The zero-order chi connectivity index (χ0) is 23.5. The summed E-state index contributed by atoms with van der Waals surface area (Å²) in [6.07, 6.45) is 8.05. The zero-order valence-corrected chi connectivity index (χ0v) is 18.5. The number of rotatable bonds is 1. The first kappa shape index (κ1) is 21.2. The number of hydrogen-bond acceptors (Lipinski definition) is 3. The van der Waals surface area contributed by atoms with E-state index in [1.54, 1.807) is 24.3 Å². The zero-order valence-electron chi connectivity index (χ0n) is 18.5. The molecule has 2 aliphatic rings. The van der Waals surface area contributed by atoms with Gasteiger partial charge < -0.3 is 15.1 Å². The van der Waals surface area contributed by atoms with E-state index in [9.17, 15) is 4.79 Å². The van der Waals surface area contributed by atoms with Crippen LogP contribution in [0.25, 0.3) is 46.4 Å². The van der Waals surface area contributed by atoms with Gasteiger partial charge in [0.15, 0.2) is 0 Å². The third-order valence-corrected chi connectivity index (χ3v) is 5.34. The lowest BCUT2D eigenvalue weighted by atomic mass is 10.2. The molecule has 6 nitrogen and oxygen atoms in total. The van der Waals surface area contributed by atoms with Crippen molar-refractivity contribution in [2.45, 2.75) is 6.92 Å². The van der Waals surface area contributed by atoms with Crippen molar-refractivity contribution in [2.75, 3.05) is 0 Å². The molecular weight excluding hydrogens is 424 g/mol. The molecule has 0 fully saturated rings. The van der Waals surface area contributed by atoms with Crippen LogP contribution in [0.4, 0.5) is 0 Å². The lowest BCUT2D eigenvalue weighted by molar-refractivity contribution is 0.0697. The van der Waals surface area contributed by atoms with E-state index in [2.05, 4.69) is 50.3 Å². The van der Waals surface area contributed by atoms with Crippen LogP contribution in [0.3, 0.4) is 0 Å². The number of carbonyl (C=O) groups is 1. The number of H-pyrrole nitrogens is 2. The molecule has 2 aliphatic heterocycles. The van der Waals surface area contributed by atoms with Gasteiger partial charge in [-0.25, -0.2) is 14.8 Å². The number of benzene rings is 1. The molecule has 0 spiro atoms. The van der Waals surface area contributed by atoms with E-state index in [4.69, 9.17) is 5.11 Å². The van der Waals surface area contributed by atoms with Crippen LogP contribution < -0.4 is 0 Å². The van der Waals surface area contributed by atoms with Crippen molar-refractivity contribution in [2.24, 2.45) is 0 Å². The maximum Gasteiger partial charge on any atom is 0.335 e. The Balaban J connectivity index is 0.000000204. The first-order valence-electron chi connectivity index (χ1n) is 10.8. The lowest BCUT2D eigenvalue weighted by Crippen LogP contribution is -1.94. The van der Waals surface area contributed by atoms with Gasteiger partial charge in [0, 0.05) is 22.1 Å². The number of carboxylic acid groups (broad SMARTS) is 1. The fraction of sp³-hybridized carbons (Fsp3) is 0.0357. The van der Waals surface area contributed by atoms with Gasteiger partial charge in [-0.1, -0.05) is 17.7 Å². The van der Waals surface area contributed by atoms with E-state index in [1.807, 2.05) is 49.4 Å². The second-order valence-corrected chi connectivity index (χ2v) is 8.08. The molecule has 0 atom stereocenters. The maximum absolute atomic E-state index is 10.3. The minimum atomic E-state index is -0.875. The predicted octanol–water partition coefficient (Wildman–Crippen LogP) is 6.35. The maximum atomic E-state index is 10.3. The van der Waals surface area contributed by atoms with E-state index in [1.165, 1.54) is 0 Å². The summed E-state index contributed by atoms with van der Waals surface area (Å²) in [6, 6.07) is 23.2. The first-order valence-corrected chi connectivity index (χ1v) is 10.8. The molecule has 34 heavy (non-hydrogen) atoms. The molecule has 3 aromatic heterocycles. The minimum absolute atomic E-state index is 0.339. The summed E-state index contributed by atoms with van der Waals surface area (Å²) in [5.74, 6) is -0.875. The molecule has 6 rings (SSSR count). The molecule has 4 aromatic rings. The first-order chi connectivity index (χ1) is 16.5. The number of carboxylic acids is 1. The highest BCUT2D eigenvalue weighted by atomic mass is 16.4. The van der Waals surface area contributed by atoms with E-state index in [0.717, 1.165) is 50.4 Å². The normalized spacial score (nSPS) is 11.7. The van der Waals surface area contributed by atoms with Crippen molar-refractivity contribution >= 4 is 52.3 Å². The van der Waals surface area contributed by atoms with E-state index < -0.39 is 5.97 Å². The highest BCUT2D eigenvalue weighted by Crippen LogP contribution is 2.17. The molecule has 5 heterocycles. The molecule has 0 saturated carbocycles. The number of nitrogens with zero attached hydrogens (tertiary/aromatic N) is 2. The average molecular weight is 447 g/mol. The minimum Gasteiger partial charge on any atom is -0.478 e. The quantitative estimate of drug-likeness (QED) is 0.274. The molecule has 166 valence electrons. The Morgan fingerprint density at radius 1 is 0.618 bits per heavy atom. The summed E-state index contributed by atoms with van der Waals surface area (Å²) < 4.78 is 0. The van der Waals surface area contributed by atoms with Gasteiger partial charge in [0.05, 0.1) is 28.3 Å². The number of aryl methyl sites for hydroxylation is 1. The molecule has 0 aliphatic carbocycles. The van der Waals surface area contributed by atoms with Crippen molar-refractivity contribution in [3.8, 4) is 0 Å². The van der Waals surface area contributed by atoms with Gasteiger partial charge in [0.25, 0.3) is 0 Å². The van der Waals surface area contributed by atoms with Gasteiger partial charge in [-0.3, -0.25) is 0 Å². The Labute approximate surface area is 196 Å². The Bertz CT molecular complexity index is 1500. The average Bonchev–Trinajstić information content (AvgIpc) is 3.60. The summed E-state index contributed by atoms with van der Waals surface area (Å²) in [5.41, 5.74) is 9.27. The summed E-state index contributed by atoms with van der Waals surface area (Å²) >= 11 is 0. The van der Waals surface area contributed by atoms with Crippen LogP contribution in [0.15, 0.2) is 72.8 Å². The SMILES string of the molecule is C1=Cc2cc3ccc(cc4ccc(cc5nc(cc1n2)C=C5)[nH]4)[nH]3.Cc1ccc(C(=O)O)cc1. The van der Waals surface area contributed by atoms with Crippen LogP contribution in [-0.4, -0.2) is 31.0 Å². The van der Waals surface area contributed by atoms with E-state index in [-0.39, 0.29) is 0 Å². The van der Waals surface area contributed by atoms with Crippen molar-refractivity contribution in [3.63, 3.8) is 0 Å². The topological polar surface area (TPSA) is 94.7 Å². The number of hydrogen-bond donors (Lipinski definition) is 3. The van der Waals surface area contributed by atoms with Crippen LogP contribution in [0, 0.1) is 6.92 Å². The summed E-state index contributed by atoms with van der Waals surface area (Å²) in [6.45, 7) is 1.92. The second kappa shape index (κ2) is 9.03. The molecule has 8 bridgehead atoms. The van der Waals surface area contributed by atoms with Crippen molar-refractivity contribution in [1.82, 2.24) is 19.9 Å². The van der Waals surface area contributed by atoms with Crippen LogP contribution >= 0.6 is 0 Å². The molecule has 0 amide bonds. The monoisotopic (exact) mass is 446 g/mol. The summed E-state index contributed by atoms with van der Waals surface area (Å²) in [7, 11) is 0. The molecule has 6 heteroatoms. The fourth-order valence-electron chi connectivity index (χ4n) is 3.64. The van der Waals surface area contributed by atoms with Crippen molar-refractivity contribution in [1.29, 1.82) is 0 Å². The van der Waals surface area contributed by atoms with E-state index in [0.29, 0.717) is 5.56 Å². The van der Waals surface area contributed by atoms with Crippen LogP contribution in [0.5, 0.6) is 0 Å². The molecular formula is C28H22N4O2. The second-order valence-electron chi connectivity index (χ2n) is 8.08. The Kier molecular flexibility index (Phi) is 5.62. The molecule has 0 saturated heterocycles. The van der Waals surface area contributed by atoms with Gasteiger partial charge in [0.2, 0.25) is 0 Å². The number of fused-ring (bicyclic) bond motifs is 8. The van der Waals surface area contributed by atoms with E-state index >= 15 is 0 Å². The number of aromatic amines is 2. The Morgan fingerprint density at radius 2 is 1.03 bits per heavy atom. The third-order valence-electron chi connectivity index (χ3n) is 5.34. The summed E-state index contributed by atoms with van der Waals surface area (Å²) in [5, 5.41) is 8.48. The van der Waals surface area contributed by atoms with Gasteiger partial charge in [-0.15, -0.1) is 0 Å². The van der Waals surface area contributed by atoms with Crippen LogP contribution in [-0.2, 0) is 0 Å². The molecule has 3 N–H and O–H groups in total. The predicted molar refractivity (Wildman–Crippen MR) is 137 cm³/mol.